The standard InChI is InChI=1S/C11H19N3O/c1-11(2-6-15-7-3-11)9-12-8-10-13-4-5-14-10/h4-5,12H,2-3,6-9H2,1H3,(H,13,14). The molecule has 2 heterocycles. The molecule has 4 nitrogen and oxygen atoms in total. The second-order valence-electron chi connectivity index (χ2n) is 4.56. The molecule has 1 aromatic heterocycles. The smallest absolute Gasteiger partial charge is 0.120 e. The van der Waals surface area contributed by atoms with E-state index >= 15 is 0 Å². The van der Waals surface area contributed by atoms with Crippen molar-refractivity contribution in [3.63, 3.8) is 0 Å². The molecule has 15 heavy (non-hydrogen) atoms. The minimum absolute atomic E-state index is 0.394. The molecule has 1 aliphatic rings. The monoisotopic (exact) mass is 209 g/mol. The Balaban J connectivity index is 1.72. The van der Waals surface area contributed by atoms with Crippen LogP contribution in [0.5, 0.6) is 0 Å². The highest BCUT2D eigenvalue weighted by Gasteiger charge is 2.26. The fourth-order valence-electron chi connectivity index (χ4n) is 1.92. The van der Waals surface area contributed by atoms with E-state index in [-0.39, 0.29) is 0 Å². The van der Waals surface area contributed by atoms with Gasteiger partial charge in [-0.1, -0.05) is 6.92 Å². The lowest BCUT2D eigenvalue weighted by molar-refractivity contribution is 0.0239. The lowest BCUT2D eigenvalue weighted by Gasteiger charge is -2.33. The minimum Gasteiger partial charge on any atom is -0.381 e. The van der Waals surface area contributed by atoms with Crippen molar-refractivity contribution >= 4 is 0 Å². The van der Waals surface area contributed by atoms with Gasteiger partial charge in [-0.3, -0.25) is 0 Å². The van der Waals surface area contributed by atoms with E-state index in [0.717, 1.165) is 45.0 Å². The Labute approximate surface area is 90.4 Å². The van der Waals surface area contributed by atoms with Gasteiger partial charge in [0.15, 0.2) is 0 Å². The summed E-state index contributed by atoms with van der Waals surface area (Å²) in [5, 5.41) is 3.45. The molecule has 0 bridgehead atoms. The van der Waals surface area contributed by atoms with Gasteiger partial charge in [0.2, 0.25) is 0 Å². The van der Waals surface area contributed by atoms with E-state index in [1.165, 1.54) is 0 Å². The molecule has 0 aromatic carbocycles. The van der Waals surface area contributed by atoms with Crippen LogP contribution in [0.1, 0.15) is 25.6 Å². The topological polar surface area (TPSA) is 49.9 Å². The first kappa shape index (κ1) is 10.6. The molecule has 0 aliphatic carbocycles. The summed E-state index contributed by atoms with van der Waals surface area (Å²) in [5.41, 5.74) is 0.394. The van der Waals surface area contributed by atoms with Crippen LogP contribution in [0.4, 0.5) is 0 Å². The van der Waals surface area contributed by atoms with E-state index in [1.54, 1.807) is 6.20 Å². The number of rotatable bonds is 4. The van der Waals surface area contributed by atoms with Gasteiger partial charge in [-0.05, 0) is 18.3 Å². The average Bonchev–Trinajstić information content (AvgIpc) is 2.71. The first-order valence-electron chi connectivity index (χ1n) is 5.55. The van der Waals surface area contributed by atoms with E-state index in [0.29, 0.717) is 5.41 Å². The van der Waals surface area contributed by atoms with Gasteiger partial charge in [-0.25, -0.2) is 4.98 Å². The summed E-state index contributed by atoms with van der Waals surface area (Å²) >= 11 is 0. The van der Waals surface area contributed by atoms with Crippen LogP contribution in [0.3, 0.4) is 0 Å². The minimum atomic E-state index is 0.394. The third-order valence-corrected chi connectivity index (χ3v) is 3.10. The van der Waals surface area contributed by atoms with Crippen LogP contribution in [0, 0.1) is 5.41 Å². The molecule has 0 amide bonds. The van der Waals surface area contributed by atoms with Crippen molar-refractivity contribution in [3.8, 4) is 0 Å². The molecule has 0 saturated carbocycles. The lowest BCUT2D eigenvalue weighted by Crippen LogP contribution is -2.36. The van der Waals surface area contributed by atoms with Crippen molar-refractivity contribution in [1.82, 2.24) is 15.3 Å². The normalized spacial score (nSPS) is 20.3. The number of nitrogens with one attached hydrogen (secondary N) is 2. The Bertz CT molecular complexity index is 278. The molecular weight excluding hydrogens is 190 g/mol. The fourth-order valence-corrected chi connectivity index (χ4v) is 1.92. The van der Waals surface area contributed by atoms with Crippen molar-refractivity contribution in [1.29, 1.82) is 0 Å². The molecule has 84 valence electrons. The predicted molar refractivity (Wildman–Crippen MR) is 58.5 cm³/mol. The van der Waals surface area contributed by atoms with Gasteiger partial charge in [0, 0.05) is 32.2 Å². The zero-order chi connectivity index (χ0) is 10.6. The summed E-state index contributed by atoms with van der Waals surface area (Å²) in [5.74, 6) is 1.01. The Morgan fingerprint density at radius 3 is 3.00 bits per heavy atom. The first-order valence-corrected chi connectivity index (χ1v) is 5.55. The Morgan fingerprint density at radius 2 is 2.33 bits per heavy atom. The van der Waals surface area contributed by atoms with E-state index in [9.17, 15) is 0 Å². The van der Waals surface area contributed by atoms with Crippen molar-refractivity contribution in [2.45, 2.75) is 26.3 Å². The van der Waals surface area contributed by atoms with Crippen LogP contribution in [0.2, 0.25) is 0 Å². The molecule has 0 unspecified atom stereocenters. The SMILES string of the molecule is CC1(CNCc2ncc[nH]2)CCOCC1. The summed E-state index contributed by atoms with van der Waals surface area (Å²) in [7, 11) is 0. The number of nitrogens with zero attached hydrogens (tertiary/aromatic N) is 1. The quantitative estimate of drug-likeness (QED) is 0.786. The highest BCUT2D eigenvalue weighted by atomic mass is 16.5. The summed E-state index contributed by atoms with van der Waals surface area (Å²) in [6.07, 6.45) is 5.94. The molecule has 2 rings (SSSR count). The summed E-state index contributed by atoms with van der Waals surface area (Å²) in [6, 6.07) is 0. The second kappa shape index (κ2) is 4.77. The molecule has 1 saturated heterocycles. The maximum Gasteiger partial charge on any atom is 0.120 e. The third-order valence-electron chi connectivity index (χ3n) is 3.10. The molecule has 0 atom stereocenters. The van der Waals surface area contributed by atoms with Gasteiger partial charge < -0.3 is 15.0 Å². The summed E-state index contributed by atoms with van der Waals surface area (Å²) < 4.78 is 5.37. The maximum absolute atomic E-state index is 5.37. The molecule has 1 fully saturated rings. The van der Waals surface area contributed by atoms with Crippen LogP contribution >= 0.6 is 0 Å². The second-order valence-corrected chi connectivity index (χ2v) is 4.56. The Morgan fingerprint density at radius 1 is 1.53 bits per heavy atom. The number of ether oxygens (including phenoxy) is 1. The van der Waals surface area contributed by atoms with E-state index < -0.39 is 0 Å². The zero-order valence-corrected chi connectivity index (χ0v) is 9.25. The van der Waals surface area contributed by atoms with Crippen molar-refractivity contribution in [2.24, 2.45) is 5.41 Å². The van der Waals surface area contributed by atoms with E-state index in [1.807, 2.05) is 6.20 Å². The average molecular weight is 209 g/mol. The van der Waals surface area contributed by atoms with Gasteiger partial charge in [0.25, 0.3) is 0 Å². The van der Waals surface area contributed by atoms with Gasteiger partial charge in [-0.2, -0.15) is 0 Å². The number of hydrogen-bond donors (Lipinski definition) is 2. The van der Waals surface area contributed by atoms with Crippen molar-refractivity contribution in [2.75, 3.05) is 19.8 Å². The molecule has 1 aromatic rings. The lowest BCUT2D eigenvalue weighted by atomic mass is 9.82. The van der Waals surface area contributed by atoms with Crippen LogP contribution in [-0.2, 0) is 11.3 Å². The summed E-state index contributed by atoms with van der Waals surface area (Å²) in [4.78, 5) is 7.27. The zero-order valence-electron chi connectivity index (χ0n) is 9.25. The van der Waals surface area contributed by atoms with E-state index in [4.69, 9.17) is 4.74 Å². The highest BCUT2D eigenvalue weighted by molar-refractivity contribution is 4.87. The molecule has 0 spiro atoms. The highest BCUT2D eigenvalue weighted by Crippen LogP contribution is 2.28. The molecular formula is C11H19N3O. The number of aromatic amines is 1. The number of hydrogen-bond acceptors (Lipinski definition) is 3. The van der Waals surface area contributed by atoms with Gasteiger partial charge in [0.05, 0.1) is 6.54 Å². The van der Waals surface area contributed by atoms with Crippen molar-refractivity contribution in [3.05, 3.63) is 18.2 Å². The Hall–Kier alpha value is -0.870. The van der Waals surface area contributed by atoms with E-state index in [2.05, 4.69) is 22.2 Å². The van der Waals surface area contributed by atoms with Crippen LogP contribution in [0.15, 0.2) is 12.4 Å². The van der Waals surface area contributed by atoms with Crippen molar-refractivity contribution < 1.29 is 4.74 Å². The first-order chi connectivity index (χ1) is 7.29. The number of aromatic nitrogens is 2. The third kappa shape index (κ3) is 3.04. The fraction of sp³-hybridized carbons (Fsp3) is 0.727. The van der Waals surface area contributed by atoms with Crippen LogP contribution in [-0.4, -0.2) is 29.7 Å². The molecule has 4 heteroatoms. The largest absolute Gasteiger partial charge is 0.381 e. The van der Waals surface area contributed by atoms with Gasteiger partial charge >= 0.3 is 0 Å². The maximum atomic E-state index is 5.37. The van der Waals surface area contributed by atoms with Gasteiger partial charge in [0.1, 0.15) is 5.82 Å². The molecule has 1 aliphatic heterocycles. The van der Waals surface area contributed by atoms with Crippen LogP contribution in [0.25, 0.3) is 0 Å². The van der Waals surface area contributed by atoms with Gasteiger partial charge in [-0.15, -0.1) is 0 Å². The molecule has 0 radical (unpaired) electrons. The summed E-state index contributed by atoms with van der Waals surface area (Å²) in [6.45, 7) is 5.99. The predicted octanol–water partition coefficient (Wildman–Crippen LogP) is 1.32. The van der Waals surface area contributed by atoms with Crippen LogP contribution < -0.4 is 5.32 Å². The number of H-pyrrole nitrogens is 1. The Kier molecular flexibility index (Phi) is 3.38. The number of imidazole rings is 1. The molecule has 2 N–H and O–H groups in total.